The molecule has 4 rings (SSSR count). The van der Waals surface area contributed by atoms with Gasteiger partial charge < -0.3 is 19.5 Å². The molecule has 0 bridgehead atoms. The predicted molar refractivity (Wildman–Crippen MR) is 129 cm³/mol. The zero-order chi connectivity index (χ0) is 22.0. The van der Waals surface area contributed by atoms with Crippen LogP contribution in [0.25, 0.3) is 5.69 Å². The number of thiocarbonyl (C=S) groups is 1. The second-order valence-electron chi connectivity index (χ2n) is 7.80. The van der Waals surface area contributed by atoms with Crippen LogP contribution in [-0.2, 0) is 4.74 Å². The molecule has 0 amide bonds. The summed E-state index contributed by atoms with van der Waals surface area (Å²) in [6, 6.07) is 16.3. The Labute approximate surface area is 194 Å². The van der Waals surface area contributed by atoms with Crippen LogP contribution in [0.4, 0.5) is 0 Å². The van der Waals surface area contributed by atoms with E-state index in [4.69, 9.17) is 28.6 Å². The Kier molecular flexibility index (Phi) is 6.60. The molecule has 7 heteroatoms. The molecule has 2 atom stereocenters. The highest BCUT2D eigenvalue weighted by Gasteiger charge is 2.41. The van der Waals surface area contributed by atoms with Crippen molar-refractivity contribution in [1.82, 2.24) is 19.8 Å². The zero-order valence-corrected chi connectivity index (χ0v) is 19.6. The van der Waals surface area contributed by atoms with Gasteiger partial charge in [-0.1, -0.05) is 17.7 Å². The molecule has 0 saturated carbocycles. The monoisotopic (exact) mass is 454 g/mol. The lowest BCUT2D eigenvalue weighted by Crippen LogP contribution is -2.31. The molecule has 3 heterocycles. The summed E-state index contributed by atoms with van der Waals surface area (Å²) in [6.45, 7) is 5.82. The summed E-state index contributed by atoms with van der Waals surface area (Å²) in [5.74, 6) is 0. The first kappa shape index (κ1) is 21.8. The van der Waals surface area contributed by atoms with Gasteiger partial charge in [-0.05, 0) is 80.5 Å². The van der Waals surface area contributed by atoms with E-state index in [0.29, 0.717) is 6.61 Å². The fraction of sp³-hybridized carbons (Fsp3) is 0.333. The number of aryl methyl sites for hydroxylation is 1. The number of rotatable bonds is 7. The minimum Gasteiger partial charge on any atom is -0.385 e. The second-order valence-corrected chi connectivity index (χ2v) is 8.63. The van der Waals surface area contributed by atoms with E-state index in [1.54, 1.807) is 7.11 Å². The van der Waals surface area contributed by atoms with Crippen molar-refractivity contribution in [3.05, 3.63) is 82.4 Å². The van der Waals surface area contributed by atoms with Crippen molar-refractivity contribution >= 4 is 28.9 Å². The molecule has 0 spiro atoms. The van der Waals surface area contributed by atoms with Gasteiger partial charge in [0.05, 0.1) is 17.8 Å². The lowest BCUT2D eigenvalue weighted by Gasteiger charge is -2.28. The van der Waals surface area contributed by atoms with E-state index in [0.717, 1.165) is 34.5 Å². The highest BCUT2D eigenvalue weighted by atomic mass is 35.5. The summed E-state index contributed by atoms with van der Waals surface area (Å²) in [5, 5.41) is 5.02. The van der Waals surface area contributed by atoms with Crippen LogP contribution in [-0.4, -0.2) is 39.8 Å². The van der Waals surface area contributed by atoms with Crippen LogP contribution in [0.5, 0.6) is 0 Å². The molecule has 5 nitrogen and oxygen atoms in total. The van der Waals surface area contributed by atoms with Crippen LogP contribution in [0.3, 0.4) is 0 Å². The van der Waals surface area contributed by atoms with E-state index in [2.05, 4.69) is 57.9 Å². The fourth-order valence-corrected chi connectivity index (χ4v) is 4.90. The van der Waals surface area contributed by atoms with Crippen molar-refractivity contribution in [3.63, 3.8) is 0 Å². The van der Waals surface area contributed by atoms with Crippen molar-refractivity contribution < 1.29 is 4.74 Å². The normalized spacial score (nSPS) is 18.5. The third-order valence-electron chi connectivity index (χ3n) is 5.82. The van der Waals surface area contributed by atoms with E-state index < -0.39 is 0 Å². The van der Waals surface area contributed by atoms with Gasteiger partial charge in [-0.25, -0.2) is 0 Å². The van der Waals surface area contributed by atoms with Crippen molar-refractivity contribution in [2.24, 2.45) is 0 Å². The third kappa shape index (κ3) is 4.33. The van der Waals surface area contributed by atoms with E-state index >= 15 is 0 Å². The summed E-state index contributed by atoms with van der Waals surface area (Å²) >= 11 is 11.9. The van der Waals surface area contributed by atoms with Gasteiger partial charge in [0.2, 0.25) is 0 Å². The number of hydrogen-bond donors (Lipinski definition) is 1. The second kappa shape index (κ2) is 9.39. The number of nitrogens with one attached hydrogen (secondary N) is 1. The van der Waals surface area contributed by atoms with Crippen LogP contribution >= 0.6 is 23.8 Å². The van der Waals surface area contributed by atoms with Crippen LogP contribution < -0.4 is 5.32 Å². The highest BCUT2D eigenvalue weighted by Crippen LogP contribution is 2.41. The smallest absolute Gasteiger partial charge is 0.170 e. The first-order valence-corrected chi connectivity index (χ1v) is 11.2. The molecule has 0 unspecified atom stereocenters. The van der Waals surface area contributed by atoms with Gasteiger partial charge >= 0.3 is 0 Å². The Morgan fingerprint density at radius 3 is 2.61 bits per heavy atom. The molecule has 1 aliphatic heterocycles. The summed E-state index contributed by atoms with van der Waals surface area (Å²) < 4.78 is 7.56. The van der Waals surface area contributed by atoms with E-state index in [9.17, 15) is 0 Å². The van der Waals surface area contributed by atoms with E-state index in [1.807, 2.05) is 30.5 Å². The van der Waals surface area contributed by atoms with Crippen LogP contribution in [0.15, 0.2) is 54.7 Å². The Bertz CT molecular complexity index is 1050. The number of nitrogens with zero attached hydrogens (tertiary/aromatic N) is 3. The van der Waals surface area contributed by atoms with Gasteiger partial charge in [0.25, 0.3) is 0 Å². The molecule has 1 saturated heterocycles. The maximum atomic E-state index is 6.11. The zero-order valence-electron chi connectivity index (χ0n) is 18.0. The molecule has 0 aliphatic carbocycles. The van der Waals surface area contributed by atoms with Gasteiger partial charge in [-0.3, -0.25) is 4.98 Å². The number of ether oxygens (including phenoxy) is 1. The van der Waals surface area contributed by atoms with E-state index in [-0.39, 0.29) is 12.1 Å². The molecule has 1 aliphatic rings. The molecular formula is C24H27ClN4OS. The molecule has 1 N–H and O–H groups in total. The highest BCUT2D eigenvalue weighted by molar-refractivity contribution is 7.80. The average Bonchev–Trinajstić information content (AvgIpc) is 3.25. The minimum atomic E-state index is -0.0181. The molecule has 162 valence electrons. The number of aromatic nitrogens is 2. The maximum absolute atomic E-state index is 6.11. The Balaban J connectivity index is 1.78. The van der Waals surface area contributed by atoms with Crippen LogP contribution in [0.2, 0.25) is 5.02 Å². The summed E-state index contributed by atoms with van der Waals surface area (Å²) in [4.78, 5) is 6.91. The topological polar surface area (TPSA) is 42.3 Å². The largest absolute Gasteiger partial charge is 0.385 e. The van der Waals surface area contributed by atoms with Gasteiger partial charge in [0.1, 0.15) is 0 Å². The first-order valence-electron chi connectivity index (χ1n) is 10.4. The molecule has 3 aromatic rings. The molecule has 1 aromatic carbocycles. The lowest BCUT2D eigenvalue weighted by molar-refractivity contribution is 0.180. The molecular weight excluding hydrogens is 428 g/mol. The average molecular weight is 455 g/mol. The standard InChI is InChI=1S/C24H27ClN4OS/c1-16-15-20(17(2)29(16)19-10-8-18(25)9-11-19)23-22(21-7-4-5-12-26-21)27-24(31)28(23)13-6-14-30-3/h4-5,7-12,15,22-23H,6,13-14H2,1-3H3,(H,27,31)/t22-,23+/m0/s1. The van der Waals surface area contributed by atoms with Crippen molar-refractivity contribution in [3.8, 4) is 5.69 Å². The minimum absolute atomic E-state index is 0.0181. The fourth-order valence-electron chi connectivity index (χ4n) is 4.44. The van der Waals surface area contributed by atoms with Crippen molar-refractivity contribution in [2.75, 3.05) is 20.3 Å². The number of halogens is 1. The quantitative estimate of drug-likeness (QED) is 0.395. The predicted octanol–water partition coefficient (Wildman–Crippen LogP) is 5.15. The van der Waals surface area contributed by atoms with Gasteiger partial charge in [-0.15, -0.1) is 0 Å². The Morgan fingerprint density at radius 1 is 1.16 bits per heavy atom. The van der Waals surface area contributed by atoms with Crippen molar-refractivity contribution in [2.45, 2.75) is 32.4 Å². The first-order chi connectivity index (χ1) is 15.0. The number of hydrogen-bond acceptors (Lipinski definition) is 3. The third-order valence-corrected chi connectivity index (χ3v) is 6.42. The van der Waals surface area contributed by atoms with Crippen molar-refractivity contribution in [1.29, 1.82) is 0 Å². The summed E-state index contributed by atoms with van der Waals surface area (Å²) in [7, 11) is 1.73. The van der Waals surface area contributed by atoms with Gasteiger partial charge in [-0.2, -0.15) is 0 Å². The van der Waals surface area contributed by atoms with Gasteiger partial charge in [0.15, 0.2) is 5.11 Å². The molecule has 0 radical (unpaired) electrons. The number of pyridine rings is 1. The molecule has 31 heavy (non-hydrogen) atoms. The van der Waals surface area contributed by atoms with Gasteiger partial charge in [0, 0.05) is 48.6 Å². The molecule has 1 fully saturated rings. The van der Waals surface area contributed by atoms with Crippen LogP contribution in [0.1, 0.15) is 41.1 Å². The number of methoxy groups -OCH3 is 1. The summed E-state index contributed by atoms with van der Waals surface area (Å²) in [6.07, 6.45) is 2.74. The number of benzene rings is 1. The Morgan fingerprint density at radius 2 is 1.94 bits per heavy atom. The lowest BCUT2D eigenvalue weighted by atomic mass is 9.96. The molecule has 2 aromatic heterocycles. The Hall–Kier alpha value is -2.41. The SMILES string of the molecule is COCCCN1C(=S)N[C@@H](c2ccccn2)[C@H]1c1cc(C)n(-c2ccc(Cl)cc2)c1C. The van der Waals surface area contributed by atoms with Crippen LogP contribution in [0, 0.1) is 13.8 Å². The summed E-state index contributed by atoms with van der Waals surface area (Å²) in [5.41, 5.74) is 5.69. The maximum Gasteiger partial charge on any atom is 0.170 e. The van der Waals surface area contributed by atoms with E-state index in [1.165, 1.54) is 17.0 Å².